The maximum atomic E-state index is 11.5. The monoisotopic (exact) mass is 251 g/mol. The van der Waals surface area contributed by atoms with E-state index in [1.54, 1.807) is 0 Å². The highest BCUT2D eigenvalue weighted by Crippen LogP contribution is 2.06. The van der Waals surface area contributed by atoms with E-state index in [9.17, 15) is 4.79 Å². The Balaban J connectivity index is 2.49. The largest absolute Gasteiger partial charge is 0.445 e. The number of nitrogens with one attached hydrogen (secondary N) is 1. The summed E-state index contributed by atoms with van der Waals surface area (Å²) in [5, 5.41) is 20.6. The number of carbonyl (C=O) groups excluding carboxylic acids is 1. The molecule has 0 spiro atoms. The van der Waals surface area contributed by atoms with Crippen molar-refractivity contribution in [2.45, 2.75) is 12.1 Å². The molecule has 0 unspecified atom stereocenters. The lowest BCUT2D eigenvalue weighted by Crippen LogP contribution is -2.52. The molecule has 18 heavy (non-hydrogen) atoms. The SMILES string of the molecule is C=CC(CO)(CO)NC(=O)OCc1ccccc1. The highest BCUT2D eigenvalue weighted by molar-refractivity contribution is 5.68. The Hall–Kier alpha value is -1.85. The Labute approximate surface area is 106 Å². The fourth-order valence-electron chi connectivity index (χ4n) is 1.27. The van der Waals surface area contributed by atoms with Gasteiger partial charge in [0.15, 0.2) is 0 Å². The Kier molecular flexibility index (Phi) is 5.35. The molecule has 1 rings (SSSR count). The number of carbonyl (C=O) groups is 1. The third-order valence-corrected chi connectivity index (χ3v) is 2.52. The first kappa shape index (κ1) is 14.2. The van der Waals surface area contributed by atoms with Gasteiger partial charge >= 0.3 is 6.09 Å². The molecule has 1 aromatic rings. The molecule has 0 saturated carbocycles. The zero-order valence-corrected chi connectivity index (χ0v) is 10.0. The molecule has 0 bridgehead atoms. The minimum Gasteiger partial charge on any atom is -0.445 e. The molecule has 0 aliphatic heterocycles. The zero-order valence-electron chi connectivity index (χ0n) is 10.0. The molecule has 1 amide bonds. The molecule has 0 aliphatic carbocycles. The van der Waals surface area contributed by atoms with Gasteiger partial charge in [0.05, 0.1) is 13.2 Å². The summed E-state index contributed by atoms with van der Waals surface area (Å²) in [6.07, 6.45) is 0.554. The predicted octanol–water partition coefficient (Wildman–Crippen LogP) is 0.822. The number of rotatable bonds is 6. The van der Waals surface area contributed by atoms with Crippen molar-refractivity contribution in [1.29, 1.82) is 0 Å². The van der Waals surface area contributed by atoms with Crippen molar-refractivity contribution in [2.24, 2.45) is 0 Å². The lowest BCUT2D eigenvalue weighted by molar-refractivity contribution is 0.0939. The lowest BCUT2D eigenvalue weighted by atomic mass is 10.0. The zero-order chi connectivity index (χ0) is 13.4. The van der Waals surface area contributed by atoms with Crippen LogP contribution >= 0.6 is 0 Å². The van der Waals surface area contributed by atoms with Crippen LogP contribution < -0.4 is 5.32 Å². The van der Waals surface area contributed by atoms with Crippen LogP contribution in [0, 0.1) is 0 Å². The van der Waals surface area contributed by atoms with Crippen LogP contribution in [-0.4, -0.2) is 35.1 Å². The second kappa shape index (κ2) is 6.78. The van der Waals surface area contributed by atoms with Crippen molar-refractivity contribution < 1.29 is 19.7 Å². The summed E-state index contributed by atoms with van der Waals surface area (Å²) < 4.78 is 4.97. The van der Waals surface area contributed by atoms with Gasteiger partial charge in [0.25, 0.3) is 0 Å². The van der Waals surface area contributed by atoms with Crippen LogP contribution in [0.3, 0.4) is 0 Å². The second-order valence-corrected chi connectivity index (χ2v) is 3.86. The molecule has 1 aromatic carbocycles. The van der Waals surface area contributed by atoms with E-state index in [-0.39, 0.29) is 6.61 Å². The molecule has 5 nitrogen and oxygen atoms in total. The average molecular weight is 251 g/mol. The van der Waals surface area contributed by atoms with Crippen LogP contribution in [0.4, 0.5) is 4.79 Å². The van der Waals surface area contributed by atoms with Gasteiger partial charge in [0.1, 0.15) is 12.1 Å². The van der Waals surface area contributed by atoms with Crippen LogP contribution in [0.1, 0.15) is 5.56 Å². The van der Waals surface area contributed by atoms with Gasteiger partial charge in [-0.05, 0) is 5.56 Å². The maximum absolute atomic E-state index is 11.5. The molecule has 5 heteroatoms. The van der Waals surface area contributed by atoms with Crippen molar-refractivity contribution in [2.75, 3.05) is 13.2 Å². The Morgan fingerprint density at radius 1 is 1.33 bits per heavy atom. The van der Waals surface area contributed by atoms with Gasteiger partial charge in [0.2, 0.25) is 0 Å². The average Bonchev–Trinajstić information content (AvgIpc) is 2.44. The molecule has 0 radical (unpaired) electrons. The summed E-state index contributed by atoms with van der Waals surface area (Å²) in [4.78, 5) is 11.5. The van der Waals surface area contributed by atoms with Crippen LogP contribution in [0.25, 0.3) is 0 Å². The van der Waals surface area contributed by atoms with Gasteiger partial charge in [0, 0.05) is 0 Å². The number of amides is 1. The number of hydrogen-bond donors (Lipinski definition) is 3. The third-order valence-electron chi connectivity index (χ3n) is 2.52. The number of aliphatic hydroxyl groups excluding tert-OH is 2. The van der Waals surface area contributed by atoms with E-state index in [1.165, 1.54) is 6.08 Å². The maximum Gasteiger partial charge on any atom is 0.408 e. The van der Waals surface area contributed by atoms with Gasteiger partial charge in [-0.1, -0.05) is 36.4 Å². The molecule has 0 fully saturated rings. The van der Waals surface area contributed by atoms with Crippen molar-refractivity contribution >= 4 is 6.09 Å². The van der Waals surface area contributed by atoms with Gasteiger partial charge < -0.3 is 20.3 Å². The molecule has 3 N–H and O–H groups in total. The molecule has 0 heterocycles. The minimum atomic E-state index is -1.26. The molecule has 0 aliphatic rings. The molecule has 0 saturated heterocycles. The minimum absolute atomic E-state index is 0.122. The summed E-state index contributed by atoms with van der Waals surface area (Å²) in [6.45, 7) is 2.68. The van der Waals surface area contributed by atoms with Crippen LogP contribution in [-0.2, 0) is 11.3 Å². The number of aliphatic hydroxyl groups is 2. The number of benzene rings is 1. The number of ether oxygens (including phenoxy) is 1. The van der Waals surface area contributed by atoms with Crippen molar-refractivity contribution in [1.82, 2.24) is 5.32 Å². The highest BCUT2D eigenvalue weighted by atomic mass is 16.5. The van der Waals surface area contributed by atoms with Crippen LogP contribution in [0.5, 0.6) is 0 Å². The van der Waals surface area contributed by atoms with Crippen molar-refractivity contribution in [3.05, 3.63) is 48.6 Å². The summed E-state index contributed by atoms with van der Waals surface area (Å²) in [6, 6.07) is 9.19. The molecular weight excluding hydrogens is 234 g/mol. The second-order valence-electron chi connectivity index (χ2n) is 3.86. The topological polar surface area (TPSA) is 78.8 Å². The van der Waals surface area contributed by atoms with E-state index < -0.39 is 24.8 Å². The van der Waals surface area contributed by atoms with E-state index in [0.29, 0.717) is 0 Å². The van der Waals surface area contributed by atoms with Crippen molar-refractivity contribution in [3.63, 3.8) is 0 Å². The smallest absolute Gasteiger partial charge is 0.408 e. The van der Waals surface area contributed by atoms with E-state index in [2.05, 4.69) is 11.9 Å². The van der Waals surface area contributed by atoms with E-state index in [0.717, 1.165) is 5.56 Å². The summed E-state index contributed by atoms with van der Waals surface area (Å²) in [7, 11) is 0. The Bertz CT molecular complexity index is 387. The van der Waals surface area contributed by atoms with Crippen LogP contribution in [0.2, 0.25) is 0 Å². The predicted molar refractivity (Wildman–Crippen MR) is 66.9 cm³/mol. The standard InChI is InChI=1S/C13H17NO4/c1-2-13(9-15,10-16)14-12(17)18-8-11-6-4-3-5-7-11/h2-7,15-16H,1,8-10H2,(H,14,17). The molecular formula is C13H17NO4. The summed E-state index contributed by atoms with van der Waals surface area (Å²) in [5.74, 6) is 0. The van der Waals surface area contributed by atoms with E-state index >= 15 is 0 Å². The normalized spacial score (nSPS) is 10.8. The first-order chi connectivity index (χ1) is 8.65. The number of alkyl carbamates (subject to hydrolysis) is 1. The van der Waals surface area contributed by atoms with Gasteiger partial charge in [-0.3, -0.25) is 0 Å². The molecule has 0 aromatic heterocycles. The summed E-state index contributed by atoms with van der Waals surface area (Å²) in [5.41, 5.74) is -0.404. The van der Waals surface area contributed by atoms with Gasteiger partial charge in [-0.15, -0.1) is 6.58 Å². The fraction of sp³-hybridized carbons (Fsp3) is 0.308. The highest BCUT2D eigenvalue weighted by Gasteiger charge is 2.27. The molecule has 98 valence electrons. The van der Waals surface area contributed by atoms with Crippen LogP contribution in [0.15, 0.2) is 43.0 Å². The van der Waals surface area contributed by atoms with Gasteiger partial charge in [-0.2, -0.15) is 0 Å². The van der Waals surface area contributed by atoms with E-state index in [1.807, 2.05) is 30.3 Å². The Morgan fingerprint density at radius 3 is 2.44 bits per heavy atom. The lowest BCUT2D eigenvalue weighted by Gasteiger charge is -2.26. The summed E-state index contributed by atoms with van der Waals surface area (Å²) >= 11 is 0. The first-order valence-corrected chi connectivity index (χ1v) is 5.50. The quantitative estimate of drug-likeness (QED) is 0.654. The number of hydrogen-bond acceptors (Lipinski definition) is 4. The first-order valence-electron chi connectivity index (χ1n) is 5.50. The third kappa shape index (κ3) is 3.87. The fourth-order valence-corrected chi connectivity index (χ4v) is 1.27. The van der Waals surface area contributed by atoms with E-state index in [4.69, 9.17) is 14.9 Å². The van der Waals surface area contributed by atoms with Crippen molar-refractivity contribution in [3.8, 4) is 0 Å². The Morgan fingerprint density at radius 2 is 1.94 bits per heavy atom. The van der Waals surface area contributed by atoms with Gasteiger partial charge in [-0.25, -0.2) is 4.79 Å². The molecule has 0 atom stereocenters.